The molecule has 2 N–H and O–H groups in total. The van der Waals surface area contributed by atoms with Gasteiger partial charge in [-0.2, -0.15) is 9.78 Å². The minimum absolute atomic E-state index is 0.0549. The van der Waals surface area contributed by atoms with Gasteiger partial charge >= 0.3 is 0 Å². The van der Waals surface area contributed by atoms with Gasteiger partial charge in [0.25, 0.3) is 5.91 Å². The molecule has 3 aromatic heterocycles. The molecule has 0 aromatic carbocycles. The number of likely N-dealkylation sites (tertiary alicyclic amines) is 1. The zero-order valence-electron chi connectivity index (χ0n) is 18.2. The largest absolute Gasteiger partial charge is 0.493 e. The van der Waals surface area contributed by atoms with Crippen LogP contribution in [0.2, 0.25) is 0 Å². The van der Waals surface area contributed by atoms with Crippen LogP contribution in [0.15, 0.2) is 42.9 Å². The zero-order chi connectivity index (χ0) is 22.3. The lowest BCUT2D eigenvalue weighted by Crippen LogP contribution is -2.33. The van der Waals surface area contributed by atoms with Gasteiger partial charge in [0.05, 0.1) is 24.4 Å². The molecule has 0 radical (unpaired) electrons. The summed E-state index contributed by atoms with van der Waals surface area (Å²) in [5.41, 5.74) is 1.72. The number of rotatable bonds is 8. The Kier molecular flexibility index (Phi) is 6.96. The van der Waals surface area contributed by atoms with Gasteiger partial charge in [-0.1, -0.05) is 6.42 Å². The molecule has 1 aliphatic heterocycles. The number of aromatic hydroxyl groups is 1. The van der Waals surface area contributed by atoms with Gasteiger partial charge in [0.1, 0.15) is 0 Å². The van der Waals surface area contributed by atoms with Gasteiger partial charge in [-0.25, -0.2) is 9.97 Å². The Bertz CT molecular complexity index is 1040. The van der Waals surface area contributed by atoms with Crippen LogP contribution in [0.3, 0.4) is 0 Å². The molecule has 1 amide bonds. The number of methoxy groups -OCH3 is 1. The average molecular weight is 437 g/mol. The summed E-state index contributed by atoms with van der Waals surface area (Å²) in [6.45, 7) is 3.98. The van der Waals surface area contributed by atoms with E-state index in [-0.39, 0.29) is 11.8 Å². The SMILES string of the molecule is COc1cc(-c2cnn(-c3ccc(C(=O)NCCCN4CCCCC4)cn3)c2O)ccn1. The maximum absolute atomic E-state index is 12.4. The molecular weight excluding hydrogens is 408 g/mol. The van der Waals surface area contributed by atoms with Gasteiger partial charge in [-0.05, 0) is 62.7 Å². The van der Waals surface area contributed by atoms with Crippen LogP contribution < -0.4 is 10.1 Å². The summed E-state index contributed by atoms with van der Waals surface area (Å²) < 4.78 is 6.46. The molecule has 9 nitrogen and oxygen atoms in total. The van der Waals surface area contributed by atoms with Gasteiger partial charge in [-0.3, -0.25) is 4.79 Å². The molecule has 4 heterocycles. The predicted molar refractivity (Wildman–Crippen MR) is 120 cm³/mol. The van der Waals surface area contributed by atoms with Crippen molar-refractivity contribution in [2.24, 2.45) is 0 Å². The fourth-order valence-corrected chi connectivity index (χ4v) is 3.84. The van der Waals surface area contributed by atoms with E-state index in [0.29, 0.717) is 29.4 Å². The second-order valence-corrected chi connectivity index (χ2v) is 7.80. The highest BCUT2D eigenvalue weighted by atomic mass is 16.5. The van der Waals surface area contributed by atoms with E-state index in [9.17, 15) is 9.90 Å². The van der Waals surface area contributed by atoms with Crippen LogP contribution >= 0.6 is 0 Å². The van der Waals surface area contributed by atoms with Crippen LogP contribution in [-0.4, -0.2) is 69.0 Å². The quantitative estimate of drug-likeness (QED) is 0.523. The first-order chi connectivity index (χ1) is 15.7. The van der Waals surface area contributed by atoms with Crippen LogP contribution in [0.25, 0.3) is 16.9 Å². The fraction of sp³-hybridized carbons (Fsp3) is 0.391. The predicted octanol–water partition coefficient (Wildman–Crippen LogP) is 2.65. The Morgan fingerprint density at radius 1 is 1.16 bits per heavy atom. The summed E-state index contributed by atoms with van der Waals surface area (Å²) in [5, 5.41) is 17.8. The number of nitrogens with zero attached hydrogens (tertiary/aromatic N) is 5. The summed E-state index contributed by atoms with van der Waals surface area (Å²) in [6, 6.07) is 6.81. The standard InChI is InChI=1S/C23H28N6O3/c1-32-21-14-17(8-10-24-21)19-16-27-29(23(19)31)20-7-6-18(15-26-20)22(30)25-9-5-13-28-11-3-2-4-12-28/h6-8,10,14-16,31H,2-5,9,11-13H2,1H3,(H,25,30). The molecule has 0 saturated carbocycles. The van der Waals surface area contributed by atoms with Crippen molar-refractivity contribution < 1.29 is 14.6 Å². The molecule has 0 atom stereocenters. The molecule has 1 saturated heterocycles. The topological polar surface area (TPSA) is 105 Å². The summed E-state index contributed by atoms with van der Waals surface area (Å²) in [5.74, 6) is 0.646. The number of amides is 1. The Morgan fingerprint density at radius 2 is 2.00 bits per heavy atom. The number of nitrogens with one attached hydrogen (secondary N) is 1. The van der Waals surface area contributed by atoms with Crippen LogP contribution in [0.1, 0.15) is 36.0 Å². The fourth-order valence-electron chi connectivity index (χ4n) is 3.84. The van der Waals surface area contributed by atoms with Gasteiger partial charge in [-0.15, -0.1) is 0 Å². The molecule has 0 unspecified atom stereocenters. The molecule has 4 rings (SSSR count). The minimum atomic E-state index is -0.156. The Balaban J connectivity index is 1.36. The van der Waals surface area contributed by atoms with E-state index in [0.717, 1.165) is 31.6 Å². The Hall–Kier alpha value is -3.46. The van der Waals surface area contributed by atoms with Crippen LogP contribution in [0.5, 0.6) is 11.8 Å². The first kappa shape index (κ1) is 21.8. The summed E-state index contributed by atoms with van der Waals surface area (Å²) in [7, 11) is 1.53. The third-order valence-corrected chi connectivity index (χ3v) is 5.61. The zero-order valence-corrected chi connectivity index (χ0v) is 18.2. The number of hydrogen-bond donors (Lipinski definition) is 2. The van der Waals surface area contributed by atoms with E-state index in [4.69, 9.17) is 4.74 Å². The van der Waals surface area contributed by atoms with Crippen molar-refractivity contribution in [2.75, 3.05) is 33.3 Å². The van der Waals surface area contributed by atoms with Crippen LogP contribution in [0, 0.1) is 0 Å². The Morgan fingerprint density at radius 3 is 2.75 bits per heavy atom. The third kappa shape index (κ3) is 5.05. The summed E-state index contributed by atoms with van der Waals surface area (Å²) in [4.78, 5) is 23.2. The monoisotopic (exact) mass is 436 g/mol. The van der Waals surface area contributed by atoms with Gasteiger partial charge in [0.15, 0.2) is 5.82 Å². The summed E-state index contributed by atoms with van der Waals surface area (Å²) in [6.07, 6.45) is 9.44. The molecular formula is C23H28N6O3. The normalized spacial score (nSPS) is 14.3. The van der Waals surface area contributed by atoms with Gasteiger partial charge in [0, 0.05) is 25.0 Å². The lowest BCUT2D eigenvalue weighted by molar-refractivity contribution is 0.0950. The van der Waals surface area contributed by atoms with Crippen molar-refractivity contribution in [1.82, 2.24) is 30.0 Å². The van der Waals surface area contributed by atoms with Crippen molar-refractivity contribution in [3.8, 4) is 28.7 Å². The first-order valence-electron chi connectivity index (χ1n) is 10.9. The second-order valence-electron chi connectivity index (χ2n) is 7.80. The number of hydrogen-bond acceptors (Lipinski definition) is 7. The molecule has 1 fully saturated rings. The number of pyridine rings is 2. The molecule has 9 heteroatoms. The molecule has 168 valence electrons. The maximum atomic E-state index is 12.4. The van der Waals surface area contributed by atoms with Crippen molar-refractivity contribution in [3.05, 3.63) is 48.4 Å². The van der Waals surface area contributed by atoms with Crippen LogP contribution in [-0.2, 0) is 0 Å². The number of ether oxygens (including phenoxy) is 1. The highest BCUT2D eigenvalue weighted by Crippen LogP contribution is 2.31. The molecule has 0 aliphatic carbocycles. The molecule has 32 heavy (non-hydrogen) atoms. The second kappa shape index (κ2) is 10.2. The maximum Gasteiger partial charge on any atom is 0.252 e. The average Bonchev–Trinajstić information content (AvgIpc) is 3.23. The van der Waals surface area contributed by atoms with Gasteiger partial charge in [0.2, 0.25) is 11.8 Å². The van der Waals surface area contributed by atoms with E-state index in [1.165, 1.54) is 37.3 Å². The lowest BCUT2D eigenvalue weighted by Gasteiger charge is -2.26. The Labute approximate surface area is 187 Å². The van der Waals surface area contributed by atoms with E-state index >= 15 is 0 Å². The first-order valence-corrected chi connectivity index (χ1v) is 10.9. The molecule has 1 aliphatic rings. The van der Waals surface area contributed by atoms with Crippen molar-refractivity contribution >= 4 is 5.91 Å². The van der Waals surface area contributed by atoms with Crippen LogP contribution in [0.4, 0.5) is 0 Å². The molecule has 3 aromatic rings. The highest BCUT2D eigenvalue weighted by molar-refractivity contribution is 5.93. The minimum Gasteiger partial charge on any atom is -0.493 e. The third-order valence-electron chi connectivity index (χ3n) is 5.61. The number of carbonyl (C=O) groups excluding carboxylic acids is 1. The highest BCUT2D eigenvalue weighted by Gasteiger charge is 2.15. The van der Waals surface area contributed by atoms with Crippen molar-refractivity contribution in [3.63, 3.8) is 0 Å². The van der Waals surface area contributed by atoms with E-state index < -0.39 is 0 Å². The lowest BCUT2D eigenvalue weighted by atomic mass is 10.1. The van der Waals surface area contributed by atoms with E-state index in [1.807, 2.05) is 0 Å². The summed E-state index contributed by atoms with van der Waals surface area (Å²) >= 11 is 0. The number of aromatic nitrogens is 4. The number of piperidine rings is 1. The van der Waals surface area contributed by atoms with E-state index in [2.05, 4.69) is 25.3 Å². The smallest absolute Gasteiger partial charge is 0.252 e. The molecule has 0 bridgehead atoms. The molecule has 0 spiro atoms. The van der Waals surface area contributed by atoms with E-state index in [1.54, 1.807) is 36.7 Å². The van der Waals surface area contributed by atoms with Gasteiger partial charge < -0.3 is 20.1 Å². The van der Waals surface area contributed by atoms with Crippen molar-refractivity contribution in [2.45, 2.75) is 25.7 Å². The van der Waals surface area contributed by atoms with Crippen molar-refractivity contribution in [1.29, 1.82) is 0 Å². The number of carbonyl (C=O) groups is 1.